The van der Waals surface area contributed by atoms with Crippen LogP contribution in [-0.2, 0) is 4.79 Å². The molecule has 0 aliphatic carbocycles. The van der Waals surface area contributed by atoms with Crippen LogP contribution in [0.2, 0.25) is 0 Å². The molecule has 0 saturated carbocycles. The van der Waals surface area contributed by atoms with Crippen molar-refractivity contribution < 1.29 is 9.53 Å². The molecule has 0 saturated heterocycles. The normalized spacial score (nSPS) is 10.5. The van der Waals surface area contributed by atoms with E-state index in [-0.39, 0.29) is 5.57 Å². The van der Waals surface area contributed by atoms with Crippen LogP contribution in [0.3, 0.4) is 0 Å². The van der Waals surface area contributed by atoms with Gasteiger partial charge >= 0.3 is 0 Å². The Kier molecular flexibility index (Phi) is 3.47. The second-order valence-electron chi connectivity index (χ2n) is 2.83. The van der Waals surface area contributed by atoms with Crippen molar-refractivity contribution in [3.63, 3.8) is 0 Å². The fourth-order valence-corrected chi connectivity index (χ4v) is 1.11. The summed E-state index contributed by atoms with van der Waals surface area (Å²) in [4.78, 5) is 10.5. The maximum absolute atomic E-state index is 10.5. The number of carbonyl (C=O) groups is 1. The van der Waals surface area contributed by atoms with Gasteiger partial charge in [-0.05, 0) is 18.2 Å². The number of nitrogens with zero attached hydrogens (tertiary/aromatic N) is 1. The Morgan fingerprint density at radius 3 is 2.87 bits per heavy atom. The van der Waals surface area contributed by atoms with E-state index in [2.05, 4.69) is 0 Å². The van der Waals surface area contributed by atoms with Crippen LogP contribution in [0.15, 0.2) is 23.8 Å². The molecule has 0 amide bonds. The molecule has 0 aliphatic rings. The number of hydrogen-bond acceptors (Lipinski definition) is 4. The minimum absolute atomic E-state index is 0.0399. The summed E-state index contributed by atoms with van der Waals surface area (Å²) in [6.45, 7) is 0. The molecular weight excluding hydrogens is 192 g/mol. The first kappa shape index (κ1) is 10.8. The smallest absolute Gasteiger partial charge is 0.160 e. The van der Waals surface area contributed by atoms with Crippen molar-refractivity contribution in [1.82, 2.24) is 0 Å². The monoisotopic (exact) mass is 202 g/mol. The zero-order valence-corrected chi connectivity index (χ0v) is 8.23. The van der Waals surface area contributed by atoms with E-state index in [0.717, 1.165) is 0 Å². The van der Waals surface area contributed by atoms with Gasteiger partial charge in [0.1, 0.15) is 11.8 Å². The highest BCUT2D eigenvalue weighted by molar-refractivity contribution is 5.87. The van der Waals surface area contributed by atoms with Crippen molar-refractivity contribution in [2.24, 2.45) is 0 Å². The lowest BCUT2D eigenvalue weighted by Crippen LogP contribution is -1.91. The maximum Gasteiger partial charge on any atom is 0.160 e. The van der Waals surface area contributed by atoms with Crippen LogP contribution in [-0.4, -0.2) is 13.4 Å². The molecule has 0 unspecified atom stereocenters. The minimum atomic E-state index is 0.0399. The minimum Gasteiger partial charge on any atom is -0.496 e. The molecule has 0 spiro atoms. The molecule has 2 N–H and O–H groups in total. The van der Waals surface area contributed by atoms with E-state index >= 15 is 0 Å². The third-order valence-corrected chi connectivity index (χ3v) is 1.82. The van der Waals surface area contributed by atoms with Gasteiger partial charge in [0.2, 0.25) is 0 Å². The third-order valence-electron chi connectivity index (χ3n) is 1.82. The average Bonchev–Trinajstić information content (AvgIpc) is 2.27. The van der Waals surface area contributed by atoms with Crippen LogP contribution in [0.1, 0.15) is 5.56 Å². The van der Waals surface area contributed by atoms with Gasteiger partial charge in [-0.1, -0.05) is 0 Å². The second-order valence-corrected chi connectivity index (χ2v) is 2.83. The standard InChI is InChI=1S/C11H10N2O2/c1-15-11-5-10(13)3-2-9(11)4-8(6-12)7-14/h2-5,7H,13H2,1H3. The van der Waals surface area contributed by atoms with Crippen molar-refractivity contribution >= 4 is 18.0 Å². The molecule has 0 heterocycles. The van der Waals surface area contributed by atoms with Crippen LogP contribution in [0.25, 0.3) is 6.08 Å². The van der Waals surface area contributed by atoms with Crippen LogP contribution in [0.5, 0.6) is 5.75 Å². The lowest BCUT2D eigenvalue weighted by atomic mass is 10.1. The maximum atomic E-state index is 10.5. The molecule has 1 rings (SSSR count). The number of ether oxygens (including phenoxy) is 1. The topological polar surface area (TPSA) is 76.1 Å². The van der Waals surface area contributed by atoms with Crippen molar-refractivity contribution in [1.29, 1.82) is 5.26 Å². The van der Waals surface area contributed by atoms with Gasteiger partial charge in [-0.25, -0.2) is 0 Å². The number of benzene rings is 1. The van der Waals surface area contributed by atoms with Crippen molar-refractivity contribution in [3.8, 4) is 11.8 Å². The van der Waals surface area contributed by atoms with E-state index in [1.807, 2.05) is 0 Å². The highest BCUT2D eigenvalue weighted by Gasteiger charge is 2.02. The largest absolute Gasteiger partial charge is 0.496 e. The van der Waals surface area contributed by atoms with Gasteiger partial charge in [-0.2, -0.15) is 5.26 Å². The van der Waals surface area contributed by atoms with Crippen LogP contribution < -0.4 is 10.5 Å². The van der Waals surface area contributed by atoms with E-state index < -0.39 is 0 Å². The van der Waals surface area contributed by atoms with Gasteiger partial charge in [0.15, 0.2) is 6.29 Å². The van der Waals surface area contributed by atoms with Crippen LogP contribution >= 0.6 is 0 Å². The molecule has 0 radical (unpaired) electrons. The second kappa shape index (κ2) is 4.82. The number of nitrogens with two attached hydrogens (primary N) is 1. The number of methoxy groups -OCH3 is 1. The Labute approximate surface area is 87.6 Å². The molecule has 0 aromatic heterocycles. The fraction of sp³-hybridized carbons (Fsp3) is 0.0909. The summed E-state index contributed by atoms with van der Waals surface area (Å²) >= 11 is 0. The van der Waals surface area contributed by atoms with Gasteiger partial charge in [-0.15, -0.1) is 0 Å². The first-order valence-corrected chi connectivity index (χ1v) is 4.21. The number of nitrogen functional groups attached to an aromatic ring is 1. The number of aldehydes is 1. The van der Waals surface area contributed by atoms with Crippen molar-refractivity contribution in [2.75, 3.05) is 12.8 Å². The lowest BCUT2D eigenvalue weighted by molar-refractivity contribution is -0.104. The Morgan fingerprint density at radius 2 is 2.33 bits per heavy atom. The van der Waals surface area contributed by atoms with E-state index in [9.17, 15) is 4.79 Å². The van der Waals surface area contributed by atoms with Crippen LogP contribution in [0.4, 0.5) is 5.69 Å². The number of anilines is 1. The molecule has 1 aromatic rings. The molecule has 0 atom stereocenters. The molecule has 15 heavy (non-hydrogen) atoms. The predicted octanol–water partition coefficient (Wildman–Crippen LogP) is 1.38. The van der Waals surface area contributed by atoms with E-state index in [1.54, 1.807) is 24.3 Å². The Bertz CT molecular complexity index is 444. The zero-order valence-electron chi connectivity index (χ0n) is 8.23. The quantitative estimate of drug-likeness (QED) is 0.347. The fourth-order valence-electron chi connectivity index (χ4n) is 1.11. The lowest BCUT2D eigenvalue weighted by Gasteiger charge is -2.05. The van der Waals surface area contributed by atoms with Gasteiger partial charge in [0.05, 0.1) is 12.7 Å². The summed E-state index contributed by atoms with van der Waals surface area (Å²) < 4.78 is 5.07. The first-order chi connectivity index (χ1) is 7.21. The first-order valence-electron chi connectivity index (χ1n) is 4.21. The number of allylic oxidation sites excluding steroid dienone is 1. The Balaban J connectivity index is 3.21. The van der Waals surface area contributed by atoms with Gasteiger partial charge in [0, 0.05) is 17.3 Å². The molecule has 4 nitrogen and oxygen atoms in total. The Morgan fingerprint density at radius 1 is 1.60 bits per heavy atom. The van der Waals surface area contributed by atoms with E-state index in [4.69, 9.17) is 15.7 Å². The number of hydrogen-bond donors (Lipinski definition) is 1. The van der Waals surface area contributed by atoms with Crippen molar-refractivity contribution in [3.05, 3.63) is 29.3 Å². The highest BCUT2D eigenvalue weighted by Crippen LogP contribution is 2.23. The molecule has 76 valence electrons. The van der Waals surface area contributed by atoms with E-state index in [0.29, 0.717) is 23.3 Å². The summed E-state index contributed by atoms with van der Waals surface area (Å²) in [6, 6.07) is 6.77. The number of nitriles is 1. The molecule has 4 heteroatoms. The van der Waals surface area contributed by atoms with Crippen molar-refractivity contribution in [2.45, 2.75) is 0 Å². The molecule has 0 bridgehead atoms. The molecule has 0 aliphatic heterocycles. The number of carbonyl (C=O) groups excluding carboxylic acids is 1. The SMILES string of the molecule is COc1cc(N)ccc1C=C(C#N)C=O. The predicted molar refractivity (Wildman–Crippen MR) is 57.1 cm³/mol. The Hall–Kier alpha value is -2.28. The van der Waals surface area contributed by atoms with Gasteiger partial charge in [-0.3, -0.25) is 4.79 Å². The van der Waals surface area contributed by atoms with Gasteiger partial charge in [0.25, 0.3) is 0 Å². The molecule has 0 fully saturated rings. The summed E-state index contributed by atoms with van der Waals surface area (Å²) in [7, 11) is 1.50. The summed E-state index contributed by atoms with van der Waals surface area (Å²) in [5.74, 6) is 0.532. The zero-order chi connectivity index (χ0) is 11.3. The van der Waals surface area contributed by atoms with Gasteiger partial charge < -0.3 is 10.5 Å². The van der Waals surface area contributed by atoms with Crippen LogP contribution in [0, 0.1) is 11.3 Å². The summed E-state index contributed by atoms with van der Waals surface area (Å²) in [6.07, 6.45) is 1.95. The third kappa shape index (κ3) is 2.58. The summed E-state index contributed by atoms with van der Waals surface area (Å²) in [5, 5.41) is 8.59. The molecule has 1 aromatic carbocycles. The van der Waals surface area contributed by atoms with E-state index in [1.165, 1.54) is 13.2 Å². The number of rotatable bonds is 3. The summed E-state index contributed by atoms with van der Waals surface area (Å²) in [5.41, 5.74) is 6.82. The highest BCUT2D eigenvalue weighted by atomic mass is 16.5. The molecular formula is C11H10N2O2. The average molecular weight is 202 g/mol.